The fraction of sp³-hybridized carbons (Fsp3) is 0.429. The minimum absolute atomic E-state index is 0.0947. The monoisotopic (exact) mass is 383 g/mol. The number of carbonyl (C=O) groups is 1. The topological polar surface area (TPSA) is 54.5 Å². The first-order chi connectivity index (χ1) is 13.3. The highest BCUT2D eigenvalue weighted by Crippen LogP contribution is 2.35. The zero-order valence-electron chi connectivity index (χ0n) is 15.4. The van der Waals surface area contributed by atoms with Gasteiger partial charge in [0.2, 0.25) is 0 Å². The van der Waals surface area contributed by atoms with Gasteiger partial charge in [0.15, 0.2) is 0 Å². The highest BCUT2D eigenvalue weighted by atomic mass is 32.2. The molecule has 1 aliphatic carbocycles. The van der Waals surface area contributed by atoms with Gasteiger partial charge in [0, 0.05) is 35.9 Å². The summed E-state index contributed by atoms with van der Waals surface area (Å²) in [4.78, 5) is 19.7. The van der Waals surface area contributed by atoms with Gasteiger partial charge in [-0.25, -0.2) is 4.98 Å². The van der Waals surface area contributed by atoms with Crippen molar-refractivity contribution in [3.05, 3.63) is 48.2 Å². The normalized spacial score (nSPS) is 17.9. The SMILES string of the molecule is O=C(Nc1cccc(N2CCOCC2)c1)c1cccnc1SC1CCCC1. The Labute approximate surface area is 164 Å². The van der Waals surface area contributed by atoms with Crippen LogP contribution in [0.3, 0.4) is 0 Å². The van der Waals surface area contributed by atoms with Crippen LogP contribution < -0.4 is 10.2 Å². The van der Waals surface area contributed by atoms with Crippen molar-refractivity contribution in [2.24, 2.45) is 0 Å². The molecule has 1 saturated carbocycles. The number of hydrogen-bond acceptors (Lipinski definition) is 5. The van der Waals surface area contributed by atoms with E-state index < -0.39 is 0 Å². The molecule has 27 heavy (non-hydrogen) atoms. The molecule has 2 aromatic rings. The van der Waals surface area contributed by atoms with E-state index >= 15 is 0 Å². The zero-order chi connectivity index (χ0) is 18.5. The Bertz CT molecular complexity index is 787. The van der Waals surface area contributed by atoms with Crippen LogP contribution >= 0.6 is 11.8 Å². The lowest BCUT2D eigenvalue weighted by molar-refractivity contribution is 0.102. The summed E-state index contributed by atoms with van der Waals surface area (Å²) in [7, 11) is 0. The van der Waals surface area contributed by atoms with Crippen molar-refractivity contribution in [3.8, 4) is 0 Å². The van der Waals surface area contributed by atoms with Crippen LogP contribution in [-0.2, 0) is 4.74 Å². The number of amides is 1. The van der Waals surface area contributed by atoms with E-state index in [1.807, 2.05) is 30.3 Å². The molecule has 5 nitrogen and oxygen atoms in total. The maximum Gasteiger partial charge on any atom is 0.258 e. The summed E-state index contributed by atoms with van der Waals surface area (Å²) in [6, 6.07) is 11.7. The van der Waals surface area contributed by atoms with Gasteiger partial charge in [-0.15, -0.1) is 11.8 Å². The van der Waals surface area contributed by atoms with Crippen molar-refractivity contribution >= 4 is 29.0 Å². The van der Waals surface area contributed by atoms with Gasteiger partial charge in [-0.3, -0.25) is 4.79 Å². The van der Waals surface area contributed by atoms with Gasteiger partial charge in [-0.05, 0) is 43.2 Å². The van der Waals surface area contributed by atoms with E-state index in [9.17, 15) is 4.79 Å². The maximum absolute atomic E-state index is 12.9. The van der Waals surface area contributed by atoms with Crippen molar-refractivity contribution < 1.29 is 9.53 Å². The molecular weight excluding hydrogens is 358 g/mol. The van der Waals surface area contributed by atoms with Gasteiger partial charge in [0.1, 0.15) is 5.03 Å². The molecule has 1 aliphatic heterocycles. The summed E-state index contributed by atoms with van der Waals surface area (Å²) >= 11 is 1.75. The van der Waals surface area contributed by atoms with Crippen LogP contribution in [0, 0.1) is 0 Å². The van der Waals surface area contributed by atoms with Crippen molar-refractivity contribution in [2.45, 2.75) is 36.0 Å². The second-order valence-electron chi connectivity index (χ2n) is 6.98. The highest BCUT2D eigenvalue weighted by molar-refractivity contribution is 7.99. The number of rotatable bonds is 5. The molecule has 4 rings (SSSR count). The lowest BCUT2D eigenvalue weighted by atomic mass is 10.2. The van der Waals surface area contributed by atoms with E-state index in [1.54, 1.807) is 18.0 Å². The van der Waals surface area contributed by atoms with E-state index in [4.69, 9.17) is 4.74 Å². The summed E-state index contributed by atoms with van der Waals surface area (Å²) in [6.07, 6.45) is 6.75. The number of pyridine rings is 1. The maximum atomic E-state index is 12.9. The van der Waals surface area contributed by atoms with Crippen LogP contribution in [0.5, 0.6) is 0 Å². The molecule has 0 atom stereocenters. The number of benzene rings is 1. The molecule has 1 aromatic carbocycles. The fourth-order valence-corrected chi connectivity index (χ4v) is 4.92. The highest BCUT2D eigenvalue weighted by Gasteiger charge is 2.21. The van der Waals surface area contributed by atoms with Gasteiger partial charge >= 0.3 is 0 Å². The van der Waals surface area contributed by atoms with Crippen molar-refractivity contribution in [1.82, 2.24) is 4.98 Å². The number of hydrogen-bond donors (Lipinski definition) is 1. The van der Waals surface area contributed by atoms with Gasteiger partial charge in [0.25, 0.3) is 5.91 Å². The van der Waals surface area contributed by atoms with Crippen LogP contribution in [-0.4, -0.2) is 42.4 Å². The average Bonchev–Trinajstić information content (AvgIpc) is 3.22. The third-order valence-corrected chi connectivity index (χ3v) is 6.43. The Kier molecular flexibility index (Phi) is 5.94. The lowest BCUT2D eigenvalue weighted by Gasteiger charge is -2.29. The third kappa shape index (κ3) is 4.62. The molecule has 1 saturated heterocycles. The first-order valence-corrected chi connectivity index (χ1v) is 10.5. The van der Waals surface area contributed by atoms with E-state index in [0.717, 1.165) is 42.7 Å². The Morgan fingerprint density at radius 3 is 2.78 bits per heavy atom. The molecule has 1 N–H and O–H groups in total. The van der Waals surface area contributed by atoms with Gasteiger partial charge < -0.3 is 15.0 Å². The minimum Gasteiger partial charge on any atom is -0.378 e. The molecule has 0 radical (unpaired) electrons. The Balaban J connectivity index is 1.47. The smallest absolute Gasteiger partial charge is 0.258 e. The Morgan fingerprint density at radius 1 is 1.15 bits per heavy atom. The number of thioether (sulfide) groups is 1. The molecule has 2 heterocycles. The molecule has 6 heteroatoms. The molecule has 0 spiro atoms. The summed E-state index contributed by atoms with van der Waals surface area (Å²) in [5, 5.41) is 4.47. The number of nitrogens with one attached hydrogen (secondary N) is 1. The molecular formula is C21H25N3O2S. The summed E-state index contributed by atoms with van der Waals surface area (Å²) in [5.41, 5.74) is 2.58. The Morgan fingerprint density at radius 2 is 1.96 bits per heavy atom. The zero-order valence-corrected chi connectivity index (χ0v) is 16.2. The fourth-order valence-electron chi connectivity index (χ4n) is 3.62. The molecule has 0 bridgehead atoms. The first kappa shape index (κ1) is 18.3. The quantitative estimate of drug-likeness (QED) is 0.838. The standard InChI is InChI=1S/C21H25N3O2S/c25-20(19-9-4-10-22-21(19)27-18-7-1-2-8-18)23-16-5-3-6-17(15-16)24-11-13-26-14-12-24/h3-6,9-10,15,18H,1-2,7-8,11-14H2,(H,23,25). The summed E-state index contributed by atoms with van der Waals surface area (Å²) in [6.45, 7) is 3.24. The van der Waals surface area contributed by atoms with E-state index in [2.05, 4.69) is 21.3 Å². The number of aromatic nitrogens is 1. The number of nitrogens with zero attached hydrogens (tertiary/aromatic N) is 2. The largest absolute Gasteiger partial charge is 0.378 e. The molecule has 2 fully saturated rings. The van der Waals surface area contributed by atoms with Crippen LogP contribution in [0.2, 0.25) is 0 Å². The third-order valence-electron chi connectivity index (χ3n) is 5.08. The van der Waals surface area contributed by atoms with Crippen LogP contribution in [0.25, 0.3) is 0 Å². The van der Waals surface area contributed by atoms with Crippen LogP contribution in [0.15, 0.2) is 47.6 Å². The van der Waals surface area contributed by atoms with E-state index in [1.165, 1.54) is 25.7 Å². The van der Waals surface area contributed by atoms with Crippen molar-refractivity contribution in [2.75, 3.05) is 36.5 Å². The summed E-state index contributed by atoms with van der Waals surface area (Å²) < 4.78 is 5.42. The van der Waals surface area contributed by atoms with Crippen LogP contribution in [0.1, 0.15) is 36.0 Å². The molecule has 0 unspecified atom stereocenters. The average molecular weight is 384 g/mol. The van der Waals surface area contributed by atoms with Gasteiger partial charge in [-0.1, -0.05) is 18.9 Å². The predicted octanol–water partition coefficient (Wildman–Crippen LogP) is 4.21. The number of ether oxygens (including phenoxy) is 1. The molecule has 1 aromatic heterocycles. The number of anilines is 2. The molecule has 2 aliphatic rings. The molecule has 142 valence electrons. The van der Waals surface area contributed by atoms with Gasteiger partial charge in [0.05, 0.1) is 18.8 Å². The lowest BCUT2D eigenvalue weighted by Crippen LogP contribution is -2.36. The number of carbonyl (C=O) groups excluding carboxylic acids is 1. The second-order valence-corrected chi connectivity index (χ2v) is 8.27. The molecule has 1 amide bonds. The predicted molar refractivity (Wildman–Crippen MR) is 110 cm³/mol. The van der Waals surface area contributed by atoms with E-state index in [0.29, 0.717) is 10.8 Å². The Hall–Kier alpha value is -2.05. The van der Waals surface area contributed by atoms with Crippen molar-refractivity contribution in [1.29, 1.82) is 0 Å². The van der Waals surface area contributed by atoms with Crippen LogP contribution in [0.4, 0.5) is 11.4 Å². The van der Waals surface area contributed by atoms with E-state index in [-0.39, 0.29) is 5.91 Å². The van der Waals surface area contributed by atoms with Gasteiger partial charge in [-0.2, -0.15) is 0 Å². The number of morpholine rings is 1. The summed E-state index contributed by atoms with van der Waals surface area (Å²) in [5.74, 6) is -0.0947. The van der Waals surface area contributed by atoms with Crippen molar-refractivity contribution in [3.63, 3.8) is 0 Å². The minimum atomic E-state index is -0.0947. The first-order valence-electron chi connectivity index (χ1n) is 9.65. The second kappa shape index (κ2) is 8.76.